The van der Waals surface area contributed by atoms with E-state index in [-0.39, 0.29) is 5.78 Å². The number of rotatable bonds is 3. The van der Waals surface area contributed by atoms with Gasteiger partial charge in [0.25, 0.3) is 0 Å². The van der Waals surface area contributed by atoms with Crippen LogP contribution >= 0.6 is 11.8 Å². The third kappa shape index (κ3) is 2.39. The molecule has 0 saturated carbocycles. The summed E-state index contributed by atoms with van der Waals surface area (Å²) in [5, 5.41) is 0. The Kier molecular flexibility index (Phi) is 3.40. The van der Waals surface area contributed by atoms with Gasteiger partial charge < -0.3 is 10.5 Å². The lowest BCUT2D eigenvalue weighted by Gasteiger charge is -2.09. The van der Waals surface area contributed by atoms with E-state index in [2.05, 4.69) is 0 Å². The average molecular weight is 285 g/mol. The highest BCUT2D eigenvalue weighted by molar-refractivity contribution is 7.99. The Balaban J connectivity index is 1.90. The van der Waals surface area contributed by atoms with Crippen molar-refractivity contribution >= 4 is 23.2 Å². The van der Waals surface area contributed by atoms with E-state index in [1.165, 1.54) is 0 Å². The van der Waals surface area contributed by atoms with Gasteiger partial charge in [-0.15, -0.1) is 0 Å². The lowest BCUT2D eigenvalue weighted by Crippen LogP contribution is -1.95. The summed E-state index contributed by atoms with van der Waals surface area (Å²) >= 11 is 1.57. The fourth-order valence-electron chi connectivity index (χ4n) is 2.35. The van der Waals surface area contributed by atoms with Crippen LogP contribution in [0.3, 0.4) is 0 Å². The quantitative estimate of drug-likeness (QED) is 0.876. The van der Waals surface area contributed by atoms with E-state index in [1.807, 2.05) is 36.4 Å². The van der Waals surface area contributed by atoms with Crippen molar-refractivity contribution in [2.24, 2.45) is 0 Å². The molecule has 1 aliphatic carbocycles. The summed E-state index contributed by atoms with van der Waals surface area (Å²) in [5.41, 5.74) is 8.73. The zero-order chi connectivity index (χ0) is 14.1. The number of benzene rings is 2. The number of hydrogen-bond acceptors (Lipinski definition) is 4. The minimum Gasteiger partial charge on any atom is -0.497 e. The number of carbonyl (C=O) groups is 1. The van der Waals surface area contributed by atoms with Gasteiger partial charge >= 0.3 is 0 Å². The van der Waals surface area contributed by atoms with E-state index in [9.17, 15) is 4.79 Å². The summed E-state index contributed by atoms with van der Waals surface area (Å²) in [6, 6.07) is 11.7. The van der Waals surface area contributed by atoms with Crippen LogP contribution < -0.4 is 10.5 Å². The third-order valence-corrected chi connectivity index (χ3v) is 4.53. The fourth-order valence-corrected chi connectivity index (χ4v) is 3.23. The molecular weight excluding hydrogens is 270 g/mol. The van der Waals surface area contributed by atoms with Crippen LogP contribution in [0.2, 0.25) is 0 Å². The number of nitrogen functional groups attached to an aromatic ring is 1. The van der Waals surface area contributed by atoms with Crippen LogP contribution in [0.4, 0.5) is 5.69 Å². The molecular formula is C16H15NO2S. The van der Waals surface area contributed by atoms with Crippen molar-refractivity contribution in [3.05, 3.63) is 47.5 Å². The lowest BCUT2D eigenvalue weighted by molar-refractivity contribution is 0.0994. The number of methoxy groups -OCH3 is 1. The summed E-state index contributed by atoms with van der Waals surface area (Å²) in [6.07, 6.45) is 1.41. The van der Waals surface area contributed by atoms with Crippen LogP contribution in [-0.4, -0.2) is 12.9 Å². The molecule has 0 radical (unpaired) electrons. The molecule has 1 aliphatic rings. The molecule has 0 aromatic heterocycles. The van der Waals surface area contributed by atoms with Crippen molar-refractivity contribution < 1.29 is 9.53 Å². The van der Waals surface area contributed by atoms with Crippen LogP contribution in [0.1, 0.15) is 22.3 Å². The molecule has 4 heteroatoms. The van der Waals surface area contributed by atoms with Gasteiger partial charge in [0.05, 0.1) is 7.11 Å². The Labute approximate surface area is 122 Å². The number of ketones is 1. The van der Waals surface area contributed by atoms with Crippen LogP contribution in [-0.2, 0) is 6.42 Å². The van der Waals surface area contributed by atoms with Crippen molar-refractivity contribution in [2.45, 2.75) is 22.6 Å². The molecule has 0 amide bonds. The Bertz CT molecular complexity index is 665. The summed E-state index contributed by atoms with van der Waals surface area (Å²) < 4.78 is 5.14. The molecule has 20 heavy (non-hydrogen) atoms. The molecule has 0 unspecified atom stereocenters. The highest BCUT2D eigenvalue weighted by Crippen LogP contribution is 2.36. The van der Waals surface area contributed by atoms with Crippen molar-refractivity contribution in [3.8, 4) is 5.75 Å². The number of Topliss-reactive ketones (excluding diaryl/α,β-unsaturated/α-hetero) is 1. The maximum Gasteiger partial charge on any atom is 0.163 e. The second kappa shape index (κ2) is 5.21. The zero-order valence-electron chi connectivity index (χ0n) is 11.2. The normalized spacial score (nSPS) is 13.3. The molecule has 0 bridgehead atoms. The van der Waals surface area contributed by atoms with E-state index in [0.29, 0.717) is 6.42 Å². The van der Waals surface area contributed by atoms with Crippen molar-refractivity contribution in [2.75, 3.05) is 12.8 Å². The second-order valence-electron chi connectivity index (χ2n) is 4.75. The first-order valence-electron chi connectivity index (χ1n) is 6.45. The van der Waals surface area contributed by atoms with E-state index >= 15 is 0 Å². The fraction of sp³-hybridized carbons (Fsp3) is 0.188. The molecule has 102 valence electrons. The minimum absolute atomic E-state index is 0.219. The lowest BCUT2D eigenvalue weighted by atomic mass is 10.1. The summed E-state index contributed by atoms with van der Waals surface area (Å²) in [5.74, 6) is 1.04. The van der Waals surface area contributed by atoms with E-state index in [0.717, 1.165) is 38.8 Å². The maximum atomic E-state index is 11.8. The number of carbonyl (C=O) groups excluding carboxylic acids is 1. The van der Waals surface area contributed by atoms with Crippen LogP contribution in [0.5, 0.6) is 5.75 Å². The smallest absolute Gasteiger partial charge is 0.163 e. The van der Waals surface area contributed by atoms with Crippen LogP contribution in [0.25, 0.3) is 0 Å². The van der Waals surface area contributed by atoms with Crippen LogP contribution in [0.15, 0.2) is 46.2 Å². The van der Waals surface area contributed by atoms with Crippen molar-refractivity contribution in [1.82, 2.24) is 0 Å². The molecule has 0 saturated heterocycles. The Morgan fingerprint density at radius 2 is 1.90 bits per heavy atom. The summed E-state index contributed by atoms with van der Waals surface area (Å²) in [7, 11) is 1.65. The number of nitrogens with two attached hydrogens (primary N) is 1. The van der Waals surface area contributed by atoms with E-state index in [4.69, 9.17) is 10.5 Å². The van der Waals surface area contributed by atoms with Gasteiger partial charge in [0.1, 0.15) is 5.75 Å². The Hall–Kier alpha value is -1.94. The topological polar surface area (TPSA) is 52.3 Å². The van der Waals surface area contributed by atoms with Gasteiger partial charge in [0.15, 0.2) is 5.78 Å². The minimum atomic E-state index is 0.219. The van der Waals surface area contributed by atoms with Gasteiger partial charge in [0, 0.05) is 27.5 Å². The molecule has 0 heterocycles. The highest BCUT2D eigenvalue weighted by atomic mass is 32.2. The number of ether oxygens (including phenoxy) is 1. The predicted octanol–water partition coefficient (Wildman–Crippen LogP) is 3.56. The third-order valence-electron chi connectivity index (χ3n) is 3.44. The van der Waals surface area contributed by atoms with E-state index < -0.39 is 0 Å². The van der Waals surface area contributed by atoms with Gasteiger partial charge in [-0.1, -0.05) is 11.8 Å². The van der Waals surface area contributed by atoms with Gasteiger partial charge in [-0.2, -0.15) is 0 Å². The molecule has 3 nitrogen and oxygen atoms in total. The monoisotopic (exact) mass is 285 g/mol. The van der Waals surface area contributed by atoms with Gasteiger partial charge in [-0.05, 0) is 48.4 Å². The molecule has 0 spiro atoms. The number of anilines is 1. The van der Waals surface area contributed by atoms with Crippen molar-refractivity contribution in [3.63, 3.8) is 0 Å². The van der Waals surface area contributed by atoms with E-state index in [1.54, 1.807) is 18.9 Å². The molecule has 3 rings (SSSR count). The molecule has 2 aromatic rings. The number of fused-ring (bicyclic) bond motifs is 1. The molecule has 2 N–H and O–H groups in total. The summed E-state index contributed by atoms with van der Waals surface area (Å²) in [6.45, 7) is 0. The SMILES string of the molecule is COc1ccc(Sc2cc3c(cc2N)CCC3=O)cc1. The van der Waals surface area contributed by atoms with Crippen LogP contribution in [0, 0.1) is 0 Å². The Morgan fingerprint density at radius 3 is 2.60 bits per heavy atom. The van der Waals surface area contributed by atoms with Gasteiger partial charge in [0.2, 0.25) is 0 Å². The first-order chi connectivity index (χ1) is 9.67. The molecule has 0 aliphatic heterocycles. The average Bonchev–Trinajstić information content (AvgIpc) is 2.81. The standard InChI is InChI=1S/C16H15NO2S/c1-19-11-3-5-12(6-4-11)20-16-9-13-10(8-14(16)17)2-7-15(13)18/h3-6,8-9H,2,7,17H2,1H3. The summed E-state index contributed by atoms with van der Waals surface area (Å²) in [4.78, 5) is 13.8. The number of hydrogen-bond donors (Lipinski definition) is 1. The van der Waals surface area contributed by atoms with Gasteiger partial charge in [-0.3, -0.25) is 4.79 Å². The maximum absolute atomic E-state index is 11.8. The highest BCUT2D eigenvalue weighted by Gasteiger charge is 2.21. The molecule has 0 fully saturated rings. The Morgan fingerprint density at radius 1 is 1.15 bits per heavy atom. The first-order valence-corrected chi connectivity index (χ1v) is 7.26. The predicted molar refractivity (Wildman–Crippen MR) is 80.6 cm³/mol. The largest absolute Gasteiger partial charge is 0.497 e. The first kappa shape index (κ1) is 13.1. The number of aryl methyl sites for hydroxylation is 1. The second-order valence-corrected chi connectivity index (χ2v) is 5.86. The molecule has 0 atom stereocenters. The van der Waals surface area contributed by atoms with Crippen molar-refractivity contribution in [1.29, 1.82) is 0 Å². The zero-order valence-corrected chi connectivity index (χ0v) is 12.0. The van der Waals surface area contributed by atoms with Gasteiger partial charge in [-0.25, -0.2) is 0 Å². The molecule has 2 aromatic carbocycles.